The Morgan fingerprint density at radius 3 is 2.62 bits per heavy atom. The Bertz CT molecular complexity index is 287. The number of amides is 1. The van der Waals surface area contributed by atoms with Crippen LogP contribution in [0.15, 0.2) is 30.3 Å². The van der Waals surface area contributed by atoms with Crippen LogP contribution in [0.5, 0.6) is 0 Å². The first-order valence-corrected chi connectivity index (χ1v) is 3.55. The largest absolute Gasteiger partial charge is 0.358 e. The Kier molecular flexibility index (Phi) is 3.46. The van der Waals surface area contributed by atoms with E-state index in [-0.39, 0.29) is 0 Å². The Balaban J connectivity index is 2.45. The molecule has 1 aromatic carbocycles. The number of rotatable bonds is 4. The monoisotopic (exact) mass is 180 g/mol. The van der Waals surface area contributed by atoms with Gasteiger partial charge in [0.15, 0.2) is 0 Å². The molecule has 1 rings (SSSR count). The van der Waals surface area contributed by atoms with Crippen LogP contribution < -0.4 is 11.0 Å². The van der Waals surface area contributed by atoms with Gasteiger partial charge in [-0.3, -0.25) is 10.2 Å². The van der Waals surface area contributed by atoms with Crippen LogP contribution in [0.1, 0.15) is 10.4 Å². The van der Waals surface area contributed by atoms with Gasteiger partial charge >= 0.3 is 5.97 Å². The molecule has 5 nitrogen and oxygen atoms in total. The lowest BCUT2D eigenvalue weighted by Gasteiger charge is -2.02. The maximum atomic E-state index is 11.1. The third-order valence-electron chi connectivity index (χ3n) is 1.27. The van der Waals surface area contributed by atoms with E-state index in [1.165, 1.54) is 0 Å². The van der Waals surface area contributed by atoms with E-state index in [1.807, 2.05) is 11.0 Å². The van der Waals surface area contributed by atoms with E-state index < -0.39 is 5.97 Å². The fourth-order valence-electron chi connectivity index (χ4n) is 0.733. The van der Waals surface area contributed by atoms with Crippen molar-refractivity contribution in [3.63, 3.8) is 0 Å². The first-order valence-electron chi connectivity index (χ1n) is 3.55. The normalized spacial score (nSPS) is 8.92. The number of hydrogen-bond acceptors (Lipinski definition) is 4. The quantitative estimate of drug-likeness (QED) is 0.389. The van der Waals surface area contributed by atoms with Gasteiger partial charge in [0.1, 0.15) is 0 Å². The summed E-state index contributed by atoms with van der Waals surface area (Å²) in [6.07, 6.45) is 0.359. The van der Waals surface area contributed by atoms with E-state index in [4.69, 9.17) is 0 Å². The van der Waals surface area contributed by atoms with Crippen molar-refractivity contribution in [2.75, 3.05) is 0 Å². The van der Waals surface area contributed by atoms with Crippen molar-refractivity contribution in [3.05, 3.63) is 35.9 Å². The van der Waals surface area contributed by atoms with E-state index in [2.05, 4.69) is 4.84 Å². The first-order chi connectivity index (χ1) is 6.34. The van der Waals surface area contributed by atoms with Crippen molar-refractivity contribution in [1.82, 2.24) is 11.0 Å². The number of carbonyl (C=O) groups is 2. The number of carbonyl (C=O) groups excluding carboxylic acids is 2. The molecular weight excluding hydrogens is 172 g/mol. The zero-order valence-corrected chi connectivity index (χ0v) is 6.69. The van der Waals surface area contributed by atoms with Crippen molar-refractivity contribution in [1.29, 1.82) is 0 Å². The summed E-state index contributed by atoms with van der Waals surface area (Å²) in [7, 11) is 0. The second kappa shape index (κ2) is 4.89. The predicted molar refractivity (Wildman–Crippen MR) is 44.2 cm³/mol. The lowest BCUT2D eigenvalue weighted by atomic mass is 10.2. The molecule has 0 saturated heterocycles. The molecule has 0 atom stereocenters. The molecule has 1 amide bonds. The zero-order valence-electron chi connectivity index (χ0n) is 6.69. The van der Waals surface area contributed by atoms with Gasteiger partial charge in [0.2, 0.25) is 6.41 Å². The summed E-state index contributed by atoms with van der Waals surface area (Å²) in [6, 6.07) is 8.41. The minimum atomic E-state index is -0.560. The van der Waals surface area contributed by atoms with Gasteiger partial charge in [-0.05, 0) is 12.1 Å². The van der Waals surface area contributed by atoms with Crippen molar-refractivity contribution in [2.24, 2.45) is 0 Å². The van der Waals surface area contributed by atoms with Gasteiger partial charge in [-0.15, -0.1) is 0 Å². The Labute approximate surface area is 74.6 Å². The molecule has 0 heterocycles. The molecule has 5 heteroatoms. The minimum Gasteiger partial charge on any atom is -0.346 e. The van der Waals surface area contributed by atoms with Crippen molar-refractivity contribution in [3.8, 4) is 0 Å². The second-order valence-corrected chi connectivity index (χ2v) is 2.12. The van der Waals surface area contributed by atoms with Crippen LogP contribution in [0.4, 0.5) is 0 Å². The van der Waals surface area contributed by atoms with Crippen LogP contribution >= 0.6 is 0 Å². The van der Waals surface area contributed by atoms with Gasteiger partial charge < -0.3 is 4.84 Å². The highest BCUT2D eigenvalue weighted by atomic mass is 16.7. The van der Waals surface area contributed by atoms with Crippen LogP contribution in [0, 0.1) is 0 Å². The van der Waals surface area contributed by atoms with Crippen LogP contribution in [0.3, 0.4) is 0 Å². The summed E-state index contributed by atoms with van der Waals surface area (Å²) in [5.74, 6) is -0.560. The molecule has 0 aliphatic rings. The maximum absolute atomic E-state index is 11.1. The summed E-state index contributed by atoms with van der Waals surface area (Å²) in [6.45, 7) is 0. The standard InChI is InChI=1S/C8H8N2O3/c11-6-9-10-13-8(12)7-4-2-1-3-5-7/h1-6,10H,(H,9,11). The number of nitrogens with one attached hydrogen (secondary N) is 2. The Morgan fingerprint density at radius 1 is 1.31 bits per heavy atom. The van der Waals surface area contributed by atoms with E-state index in [1.54, 1.807) is 30.3 Å². The molecule has 0 aromatic heterocycles. The fraction of sp³-hybridized carbons (Fsp3) is 0. The van der Waals surface area contributed by atoms with Gasteiger partial charge in [0, 0.05) is 0 Å². The molecule has 0 saturated carbocycles. The lowest BCUT2D eigenvalue weighted by molar-refractivity contribution is -0.113. The maximum Gasteiger partial charge on any atom is 0.358 e. The molecule has 0 aliphatic heterocycles. The molecule has 13 heavy (non-hydrogen) atoms. The molecule has 0 aliphatic carbocycles. The average Bonchev–Trinajstić information content (AvgIpc) is 2.19. The molecular formula is C8H8N2O3. The lowest BCUT2D eigenvalue weighted by Crippen LogP contribution is -2.32. The van der Waals surface area contributed by atoms with E-state index in [0.717, 1.165) is 0 Å². The van der Waals surface area contributed by atoms with Crippen LogP contribution in [-0.4, -0.2) is 12.4 Å². The van der Waals surface area contributed by atoms with Gasteiger partial charge in [-0.2, -0.15) is 0 Å². The average molecular weight is 180 g/mol. The molecule has 0 fully saturated rings. The van der Waals surface area contributed by atoms with Gasteiger partial charge in [-0.25, -0.2) is 4.79 Å². The van der Waals surface area contributed by atoms with E-state index in [0.29, 0.717) is 12.0 Å². The molecule has 0 unspecified atom stereocenters. The predicted octanol–water partition coefficient (Wildman–Crippen LogP) is 0.00900. The summed E-state index contributed by atoms with van der Waals surface area (Å²) in [5, 5.41) is 0. The highest BCUT2D eigenvalue weighted by molar-refractivity contribution is 5.89. The highest BCUT2D eigenvalue weighted by Crippen LogP contribution is 1.98. The summed E-state index contributed by atoms with van der Waals surface area (Å²) in [5.41, 5.74) is 4.35. The molecule has 0 bridgehead atoms. The first kappa shape index (κ1) is 9.21. The molecule has 2 N–H and O–H groups in total. The van der Waals surface area contributed by atoms with Crippen molar-refractivity contribution >= 4 is 12.4 Å². The topological polar surface area (TPSA) is 67.4 Å². The minimum absolute atomic E-state index is 0.359. The van der Waals surface area contributed by atoms with E-state index >= 15 is 0 Å². The smallest absolute Gasteiger partial charge is 0.346 e. The zero-order chi connectivity index (χ0) is 9.52. The number of hydrogen-bond donors (Lipinski definition) is 2. The third kappa shape index (κ3) is 2.92. The highest BCUT2D eigenvalue weighted by Gasteiger charge is 2.04. The molecule has 68 valence electrons. The molecule has 0 spiro atoms. The molecule has 1 aromatic rings. The van der Waals surface area contributed by atoms with Crippen LogP contribution in [0.25, 0.3) is 0 Å². The summed E-state index contributed by atoms with van der Waals surface area (Å²) in [4.78, 5) is 25.3. The Hall–Kier alpha value is -1.88. The van der Waals surface area contributed by atoms with Gasteiger partial charge in [0.25, 0.3) is 0 Å². The summed E-state index contributed by atoms with van der Waals surface area (Å²) >= 11 is 0. The van der Waals surface area contributed by atoms with Crippen molar-refractivity contribution < 1.29 is 14.4 Å². The van der Waals surface area contributed by atoms with Gasteiger partial charge in [0.05, 0.1) is 5.56 Å². The second-order valence-electron chi connectivity index (χ2n) is 2.12. The fourth-order valence-corrected chi connectivity index (χ4v) is 0.733. The van der Waals surface area contributed by atoms with E-state index in [9.17, 15) is 9.59 Å². The van der Waals surface area contributed by atoms with Gasteiger partial charge in [-0.1, -0.05) is 23.8 Å². The van der Waals surface area contributed by atoms with Crippen LogP contribution in [0.2, 0.25) is 0 Å². The third-order valence-corrected chi connectivity index (χ3v) is 1.27. The van der Waals surface area contributed by atoms with Crippen LogP contribution in [-0.2, 0) is 9.63 Å². The summed E-state index contributed by atoms with van der Waals surface area (Å²) < 4.78 is 0. The van der Waals surface area contributed by atoms with Crippen molar-refractivity contribution in [2.45, 2.75) is 0 Å². The SMILES string of the molecule is O=CNNOC(=O)c1ccccc1. The number of hydrazine groups is 1. The number of benzene rings is 1. The molecule has 0 radical (unpaired) electrons. The Morgan fingerprint density at radius 2 is 2.00 bits per heavy atom.